The fourth-order valence-corrected chi connectivity index (χ4v) is 1.97. The molecule has 0 bridgehead atoms. The van der Waals surface area contributed by atoms with Crippen molar-refractivity contribution in [3.05, 3.63) is 23.3 Å². The van der Waals surface area contributed by atoms with Crippen LogP contribution in [-0.2, 0) is 19.9 Å². The molecular formula is C12H15N3O2. The number of fused-ring (bicyclic) bond motifs is 1. The fraction of sp³-hybridized carbons (Fsp3) is 0.417. The van der Waals surface area contributed by atoms with Gasteiger partial charge in [0, 0.05) is 19.7 Å². The maximum absolute atomic E-state index is 11.2. The van der Waals surface area contributed by atoms with E-state index in [1.165, 1.54) is 0 Å². The average molecular weight is 233 g/mol. The zero-order valence-electron chi connectivity index (χ0n) is 10.2. The number of aromatic nitrogens is 3. The average Bonchev–Trinajstić information content (AvgIpc) is 2.66. The molecule has 0 saturated carbocycles. The van der Waals surface area contributed by atoms with Gasteiger partial charge in [-0.3, -0.25) is 0 Å². The van der Waals surface area contributed by atoms with E-state index in [0.29, 0.717) is 17.5 Å². The van der Waals surface area contributed by atoms with Crippen molar-refractivity contribution in [1.82, 2.24) is 14.5 Å². The van der Waals surface area contributed by atoms with Gasteiger partial charge >= 0.3 is 5.97 Å². The van der Waals surface area contributed by atoms with Crippen LogP contribution in [-0.4, -0.2) is 25.6 Å². The number of nitrogens with zero attached hydrogens (tertiary/aromatic N) is 3. The highest BCUT2D eigenvalue weighted by atomic mass is 16.4. The summed E-state index contributed by atoms with van der Waals surface area (Å²) in [4.78, 5) is 20.0. The zero-order valence-corrected chi connectivity index (χ0v) is 10.2. The van der Waals surface area contributed by atoms with Gasteiger partial charge in [0.25, 0.3) is 0 Å². The third kappa shape index (κ3) is 1.77. The Kier molecular flexibility index (Phi) is 2.83. The Balaban J connectivity index is 2.86. The first-order valence-electron chi connectivity index (χ1n) is 5.66. The Bertz CT molecular complexity index is 587. The van der Waals surface area contributed by atoms with Crippen molar-refractivity contribution in [1.29, 1.82) is 0 Å². The number of carboxylic acid groups (broad SMARTS) is 1. The van der Waals surface area contributed by atoms with Crippen molar-refractivity contribution in [2.24, 2.45) is 7.05 Å². The third-order valence-corrected chi connectivity index (χ3v) is 2.82. The van der Waals surface area contributed by atoms with Gasteiger partial charge in [0.15, 0.2) is 0 Å². The number of aryl methyl sites for hydroxylation is 3. The maximum atomic E-state index is 11.2. The minimum atomic E-state index is -0.932. The molecule has 17 heavy (non-hydrogen) atoms. The summed E-state index contributed by atoms with van der Waals surface area (Å²) in [6.07, 6.45) is 3.05. The quantitative estimate of drug-likeness (QED) is 0.877. The lowest BCUT2D eigenvalue weighted by atomic mass is 10.1. The van der Waals surface area contributed by atoms with Crippen LogP contribution in [0.1, 0.15) is 35.7 Å². The highest BCUT2D eigenvalue weighted by Crippen LogP contribution is 2.23. The van der Waals surface area contributed by atoms with Crippen molar-refractivity contribution in [2.75, 3.05) is 0 Å². The van der Waals surface area contributed by atoms with Crippen molar-refractivity contribution in [3.63, 3.8) is 0 Å². The molecule has 0 radical (unpaired) electrons. The standard InChI is InChI=1S/C12H15N3O2/c1-4-8-10-7(12(16)17)6-15(3)11(10)14-9(5-2)13-8/h6H,4-5H2,1-3H3,(H,16,17). The fourth-order valence-electron chi connectivity index (χ4n) is 1.97. The molecule has 90 valence electrons. The predicted molar refractivity (Wildman–Crippen MR) is 64.2 cm³/mol. The maximum Gasteiger partial charge on any atom is 0.338 e. The molecule has 0 atom stereocenters. The molecule has 0 unspecified atom stereocenters. The van der Waals surface area contributed by atoms with Gasteiger partial charge in [0.05, 0.1) is 16.6 Å². The molecule has 2 heterocycles. The second-order valence-electron chi connectivity index (χ2n) is 3.95. The SMILES string of the molecule is CCc1nc(CC)c2c(C(=O)O)cn(C)c2n1. The normalized spacial score (nSPS) is 11.0. The van der Waals surface area contributed by atoms with Gasteiger partial charge in [-0.2, -0.15) is 0 Å². The summed E-state index contributed by atoms with van der Waals surface area (Å²) in [5, 5.41) is 9.84. The Morgan fingerprint density at radius 2 is 2.06 bits per heavy atom. The molecule has 2 rings (SSSR count). The summed E-state index contributed by atoms with van der Waals surface area (Å²) >= 11 is 0. The molecule has 2 aromatic rings. The van der Waals surface area contributed by atoms with Gasteiger partial charge < -0.3 is 9.67 Å². The lowest BCUT2D eigenvalue weighted by molar-refractivity contribution is 0.0698. The molecule has 0 aliphatic heterocycles. The van der Waals surface area contributed by atoms with E-state index >= 15 is 0 Å². The van der Waals surface area contributed by atoms with Crippen molar-refractivity contribution < 1.29 is 9.90 Å². The Hall–Kier alpha value is -1.91. The van der Waals surface area contributed by atoms with Crippen molar-refractivity contribution in [2.45, 2.75) is 26.7 Å². The van der Waals surface area contributed by atoms with E-state index in [9.17, 15) is 9.90 Å². The van der Waals surface area contributed by atoms with Crippen LogP contribution in [0.25, 0.3) is 11.0 Å². The first-order chi connectivity index (χ1) is 8.08. The molecule has 0 saturated heterocycles. The van der Waals surface area contributed by atoms with E-state index in [4.69, 9.17) is 0 Å². The van der Waals surface area contributed by atoms with Gasteiger partial charge in [-0.25, -0.2) is 14.8 Å². The predicted octanol–water partition coefficient (Wildman–Crippen LogP) is 1.79. The number of rotatable bonds is 3. The largest absolute Gasteiger partial charge is 0.478 e. The zero-order chi connectivity index (χ0) is 12.6. The third-order valence-electron chi connectivity index (χ3n) is 2.82. The Morgan fingerprint density at radius 1 is 1.35 bits per heavy atom. The van der Waals surface area contributed by atoms with Crippen LogP contribution in [0.4, 0.5) is 0 Å². The number of carbonyl (C=O) groups is 1. The Morgan fingerprint density at radius 3 is 2.59 bits per heavy atom. The van der Waals surface area contributed by atoms with Gasteiger partial charge in [0.2, 0.25) is 0 Å². The van der Waals surface area contributed by atoms with Crippen LogP contribution in [0.5, 0.6) is 0 Å². The van der Waals surface area contributed by atoms with E-state index in [2.05, 4.69) is 9.97 Å². The van der Waals surface area contributed by atoms with Crippen LogP contribution in [0, 0.1) is 0 Å². The Labute approximate surface area is 99.1 Å². The molecule has 0 amide bonds. The molecule has 2 aromatic heterocycles. The first kappa shape index (κ1) is 11.6. The molecule has 0 aliphatic rings. The van der Waals surface area contributed by atoms with Gasteiger partial charge in [-0.05, 0) is 6.42 Å². The molecule has 0 fully saturated rings. The number of hydrogen-bond acceptors (Lipinski definition) is 3. The highest BCUT2D eigenvalue weighted by molar-refractivity contribution is 6.03. The van der Waals surface area contributed by atoms with E-state index in [0.717, 1.165) is 17.9 Å². The molecule has 0 aliphatic carbocycles. The van der Waals surface area contributed by atoms with Crippen molar-refractivity contribution >= 4 is 17.0 Å². The highest BCUT2D eigenvalue weighted by Gasteiger charge is 2.18. The lowest BCUT2D eigenvalue weighted by Gasteiger charge is -2.04. The summed E-state index contributed by atoms with van der Waals surface area (Å²) in [5.74, 6) is -0.175. The van der Waals surface area contributed by atoms with Crippen LogP contribution in [0.15, 0.2) is 6.20 Å². The van der Waals surface area contributed by atoms with E-state index in [1.54, 1.807) is 17.8 Å². The first-order valence-corrected chi connectivity index (χ1v) is 5.66. The van der Waals surface area contributed by atoms with Crippen LogP contribution in [0.2, 0.25) is 0 Å². The van der Waals surface area contributed by atoms with Crippen LogP contribution >= 0.6 is 0 Å². The number of hydrogen-bond donors (Lipinski definition) is 1. The minimum Gasteiger partial charge on any atom is -0.478 e. The van der Waals surface area contributed by atoms with Crippen molar-refractivity contribution in [3.8, 4) is 0 Å². The lowest BCUT2D eigenvalue weighted by Crippen LogP contribution is -2.02. The second kappa shape index (κ2) is 4.16. The van der Waals surface area contributed by atoms with E-state index in [-0.39, 0.29) is 5.56 Å². The summed E-state index contributed by atoms with van der Waals surface area (Å²) in [6, 6.07) is 0. The number of carboxylic acids is 1. The second-order valence-corrected chi connectivity index (χ2v) is 3.95. The van der Waals surface area contributed by atoms with E-state index in [1.807, 2.05) is 13.8 Å². The molecule has 1 N–H and O–H groups in total. The summed E-state index contributed by atoms with van der Waals surface area (Å²) in [6.45, 7) is 3.96. The summed E-state index contributed by atoms with van der Waals surface area (Å²) in [5.41, 5.74) is 1.79. The van der Waals surface area contributed by atoms with Crippen LogP contribution in [0.3, 0.4) is 0 Å². The summed E-state index contributed by atoms with van der Waals surface area (Å²) < 4.78 is 1.75. The molecule has 5 heteroatoms. The van der Waals surface area contributed by atoms with E-state index < -0.39 is 5.97 Å². The van der Waals surface area contributed by atoms with Gasteiger partial charge in [-0.1, -0.05) is 13.8 Å². The smallest absolute Gasteiger partial charge is 0.338 e. The molecule has 5 nitrogen and oxygen atoms in total. The van der Waals surface area contributed by atoms with Gasteiger partial charge in [-0.15, -0.1) is 0 Å². The molecular weight excluding hydrogens is 218 g/mol. The van der Waals surface area contributed by atoms with Crippen LogP contribution < -0.4 is 0 Å². The minimum absolute atomic E-state index is 0.280. The topological polar surface area (TPSA) is 68.0 Å². The number of aromatic carboxylic acids is 1. The summed E-state index contributed by atoms with van der Waals surface area (Å²) in [7, 11) is 1.81. The van der Waals surface area contributed by atoms with Gasteiger partial charge in [0.1, 0.15) is 11.5 Å². The molecule has 0 aromatic carbocycles. The monoisotopic (exact) mass is 233 g/mol. The molecule has 0 spiro atoms.